The molecule has 0 spiro atoms. The SMILES string of the molecule is CN(C)Cc1ccccc1ON=C(N)N(C)C(=O)c1cc2ccccc2[nH]1. The number of guanidine groups is 1. The van der Waals surface area contributed by atoms with Crippen LogP contribution in [0.2, 0.25) is 0 Å². The van der Waals surface area contributed by atoms with Gasteiger partial charge >= 0.3 is 0 Å². The Morgan fingerprint density at radius 2 is 1.81 bits per heavy atom. The molecule has 0 radical (unpaired) electrons. The van der Waals surface area contributed by atoms with Crippen molar-refractivity contribution in [1.82, 2.24) is 14.8 Å². The van der Waals surface area contributed by atoms with Crippen LogP contribution in [0.15, 0.2) is 59.8 Å². The number of oxime groups is 1. The molecule has 2 aromatic carbocycles. The van der Waals surface area contributed by atoms with Gasteiger partial charge < -0.3 is 20.5 Å². The van der Waals surface area contributed by atoms with E-state index in [4.69, 9.17) is 10.6 Å². The fourth-order valence-corrected chi connectivity index (χ4v) is 2.69. The average Bonchev–Trinajstić information content (AvgIpc) is 3.09. The Kier molecular flexibility index (Phi) is 5.42. The molecule has 3 N–H and O–H groups in total. The van der Waals surface area contributed by atoms with Gasteiger partial charge in [-0.05, 0) is 37.5 Å². The largest absolute Gasteiger partial charge is 0.367 e. The number of rotatable bonds is 5. The van der Waals surface area contributed by atoms with Crippen molar-refractivity contribution in [3.8, 4) is 5.75 Å². The lowest BCUT2D eigenvalue weighted by atomic mass is 10.2. The van der Waals surface area contributed by atoms with Crippen molar-refractivity contribution in [3.05, 3.63) is 65.9 Å². The molecule has 140 valence electrons. The predicted molar refractivity (Wildman–Crippen MR) is 106 cm³/mol. The number of nitrogens with zero attached hydrogens (tertiary/aromatic N) is 3. The molecule has 7 heteroatoms. The first kappa shape index (κ1) is 18.5. The van der Waals surface area contributed by atoms with E-state index in [1.165, 1.54) is 4.90 Å². The van der Waals surface area contributed by atoms with Crippen LogP contribution >= 0.6 is 0 Å². The van der Waals surface area contributed by atoms with E-state index in [-0.39, 0.29) is 11.9 Å². The van der Waals surface area contributed by atoms with Gasteiger partial charge in [0.05, 0.1) is 0 Å². The zero-order valence-electron chi connectivity index (χ0n) is 15.6. The number of para-hydroxylation sites is 2. The van der Waals surface area contributed by atoms with Gasteiger partial charge in [0.25, 0.3) is 5.91 Å². The minimum Gasteiger partial charge on any atom is -0.367 e. The van der Waals surface area contributed by atoms with Gasteiger partial charge in [-0.1, -0.05) is 36.4 Å². The summed E-state index contributed by atoms with van der Waals surface area (Å²) in [7, 11) is 5.50. The first-order valence-corrected chi connectivity index (χ1v) is 8.54. The number of hydrogen-bond acceptors (Lipinski definition) is 4. The highest BCUT2D eigenvalue weighted by molar-refractivity contribution is 6.06. The van der Waals surface area contributed by atoms with Crippen molar-refractivity contribution in [2.24, 2.45) is 10.9 Å². The molecule has 27 heavy (non-hydrogen) atoms. The number of aromatic amines is 1. The van der Waals surface area contributed by atoms with Crippen molar-refractivity contribution >= 4 is 22.8 Å². The van der Waals surface area contributed by atoms with Crippen molar-refractivity contribution < 1.29 is 9.63 Å². The molecule has 0 aliphatic rings. The first-order valence-electron chi connectivity index (χ1n) is 8.54. The number of fused-ring (bicyclic) bond motifs is 1. The second-order valence-corrected chi connectivity index (χ2v) is 6.52. The Morgan fingerprint density at radius 1 is 1.11 bits per heavy atom. The smallest absolute Gasteiger partial charge is 0.276 e. The van der Waals surface area contributed by atoms with E-state index in [9.17, 15) is 4.79 Å². The van der Waals surface area contributed by atoms with E-state index in [0.717, 1.165) is 16.5 Å². The number of hydrogen-bond donors (Lipinski definition) is 2. The summed E-state index contributed by atoms with van der Waals surface area (Å²) in [6.45, 7) is 0.704. The third kappa shape index (κ3) is 4.27. The summed E-state index contributed by atoms with van der Waals surface area (Å²) in [5.74, 6) is 0.275. The fraction of sp³-hybridized carbons (Fsp3) is 0.200. The van der Waals surface area contributed by atoms with Crippen LogP contribution in [0.4, 0.5) is 0 Å². The van der Waals surface area contributed by atoms with Crippen molar-refractivity contribution in [1.29, 1.82) is 0 Å². The summed E-state index contributed by atoms with van der Waals surface area (Å²) in [5, 5.41) is 4.89. The van der Waals surface area contributed by atoms with Crippen LogP contribution in [-0.4, -0.2) is 47.8 Å². The summed E-state index contributed by atoms with van der Waals surface area (Å²) in [4.78, 5) is 24.5. The maximum Gasteiger partial charge on any atom is 0.276 e. The number of carbonyl (C=O) groups excluding carboxylic acids is 1. The van der Waals surface area contributed by atoms with Crippen LogP contribution in [-0.2, 0) is 6.54 Å². The fourth-order valence-electron chi connectivity index (χ4n) is 2.69. The summed E-state index contributed by atoms with van der Waals surface area (Å²) >= 11 is 0. The van der Waals surface area contributed by atoms with E-state index in [0.29, 0.717) is 18.0 Å². The van der Waals surface area contributed by atoms with Crippen LogP contribution in [0.1, 0.15) is 16.1 Å². The van der Waals surface area contributed by atoms with Gasteiger partial charge in [-0.25, -0.2) is 0 Å². The van der Waals surface area contributed by atoms with E-state index in [2.05, 4.69) is 10.1 Å². The van der Waals surface area contributed by atoms with Crippen LogP contribution in [0, 0.1) is 0 Å². The zero-order valence-corrected chi connectivity index (χ0v) is 15.6. The van der Waals surface area contributed by atoms with E-state index >= 15 is 0 Å². The Labute approximate surface area is 158 Å². The van der Waals surface area contributed by atoms with Crippen molar-refractivity contribution in [2.75, 3.05) is 21.1 Å². The molecule has 0 atom stereocenters. The van der Waals surface area contributed by atoms with E-state index in [1.54, 1.807) is 13.1 Å². The van der Waals surface area contributed by atoms with Crippen LogP contribution in [0.5, 0.6) is 5.75 Å². The molecule has 0 bridgehead atoms. The molecule has 3 aromatic rings. The lowest BCUT2D eigenvalue weighted by molar-refractivity contribution is 0.0861. The minimum atomic E-state index is -0.294. The highest BCUT2D eigenvalue weighted by Crippen LogP contribution is 2.19. The average molecular weight is 365 g/mol. The maximum absolute atomic E-state index is 12.7. The Balaban J connectivity index is 1.75. The Hall–Kier alpha value is -3.32. The monoisotopic (exact) mass is 365 g/mol. The summed E-state index contributed by atoms with van der Waals surface area (Å²) in [6.07, 6.45) is 0. The number of nitrogens with two attached hydrogens (primary N) is 1. The highest BCUT2D eigenvalue weighted by atomic mass is 16.6. The van der Waals surface area contributed by atoms with Gasteiger partial charge in [-0.15, -0.1) is 0 Å². The molecular weight excluding hydrogens is 342 g/mol. The summed E-state index contributed by atoms with van der Waals surface area (Å²) in [5.41, 5.74) is 8.25. The lowest BCUT2D eigenvalue weighted by Crippen LogP contribution is -2.39. The molecule has 0 aliphatic carbocycles. The molecule has 1 amide bonds. The number of benzene rings is 2. The lowest BCUT2D eigenvalue weighted by Gasteiger charge is -2.15. The van der Waals surface area contributed by atoms with Gasteiger partial charge in [-0.2, -0.15) is 0 Å². The van der Waals surface area contributed by atoms with Gasteiger partial charge in [0.1, 0.15) is 5.69 Å². The molecule has 1 aromatic heterocycles. The van der Waals surface area contributed by atoms with Crippen LogP contribution in [0.3, 0.4) is 0 Å². The molecule has 0 saturated carbocycles. The van der Waals surface area contributed by atoms with Crippen LogP contribution in [0.25, 0.3) is 10.9 Å². The minimum absolute atomic E-state index is 0.0293. The summed E-state index contributed by atoms with van der Waals surface area (Å²) < 4.78 is 0. The number of amides is 1. The molecule has 3 rings (SSSR count). The second-order valence-electron chi connectivity index (χ2n) is 6.52. The van der Waals surface area contributed by atoms with Crippen LogP contribution < -0.4 is 10.6 Å². The number of carbonyl (C=O) groups is 1. The van der Waals surface area contributed by atoms with E-state index < -0.39 is 0 Å². The third-order valence-corrected chi connectivity index (χ3v) is 4.11. The predicted octanol–water partition coefficient (Wildman–Crippen LogP) is 2.61. The number of nitrogens with one attached hydrogen (secondary N) is 1. The summed E-state index contributed by atoms with van der Waals surface area (Å²) in [6, 6.07) is 17.0. The van der Waals surface area contributed by atoms with Gasteiger partial charge in [0.2, 0.25) is 5.96 Å². The maximum atomic E-state index is 12.7. The molecule has 0 unspecified atom stereocenters. The van der Waals surface area contributed by atoms with Gasteiger partial charge in [0.15, 0.2) is 5.75 Å². The standard InChI is InChI=1S/C20H23N5O2/c1-24(2)13-15-9-5-7-11-18(15)27-23-20(21)25(3)19(26)17-12-14-8-4-6-10-16(14)22-17/h4-12,22H,13H2,1-3H3,(H2,21,23). The molecule has 7 nitrogen and oxygen atoms in total. The number of aromatic nitrogens is 1. The molecule has 0 fully saturated rings. The third-order valence-electron chi connectivity index (χ3n) is 4.11. The molecule has 0 saturated heterocycles. The molecule has 0 aliphatic heterocycles. The van der Waals surface area contributed by atoms with Gasteiger partial charge in [-0.3, -0.25) is 9.69 Å². The zero-order chi connectivity index (χ0) is 19.4. The first-order chi connectivity index (χ1) is 13.0. The topological polar surface area (TPSA) is 86.9 Å². The Morgan fingerprint density at radius 3 is 2.56 bits per heavy atom. The quantitative estimate of drug-likeness (QED) is 0.413. The highest BCUT2D eigenvalue weighted by Gasteiger charge is 2.18. The van der Waals surface area contributed by atoms with Crippen molar-refractivity contribution in [2.45, 2.75) is 6.54 Å². The molecule has 1 heterocycles. The Bertz CT molecular complexity index is 944. The normalized spacial score (nSPS) is 11.8. The molecular formula is C20H23N5O2. The van der Waals surface area contributed by atoms with E-state index in [1.807, 2.05) is 67.5 Å². The van der Waals surface area contributed by atoms with Gasteiger partial charge in [0, 0.05) is 30.1 Å². The second kappa shape index (κ2) is 7.92. The number of H-pyrrole nitrogens is 1. The van der Waals surface area contributed by atoms with Crippen molar-refractivity contribution in [3.63, 3.8) is 0 Å².